The SMILES string of the molecule is Cc1ccc(C(=O)N(C)C)cc1NC(=O)[C@@H]1CCCNC1.Cl. The Kier molecular flexibility index (Phi) is 6.84. The molecule has 0 aliphatic carbocycles. The minimum atomic E-state index is -0.0650. The summed E-state index contributed by atoms with van der Waals surface area (Å²) >= 11 is 0. The molecule has 0 bridgehead atoms. The molecule has 1 aliphatic heterocycles. The van der Waals surface area contributed by atoms with E-state index >= 15 is 0 Å². The number of halogens is 1. The zero-order valence-corrected chi connectivity index (χ0v) is 14.1. The Morgan fingerprint density at radius 2 is 2.05 bits per heavy atom. The van der Waals surface area contributed by atoms with Crippen molar-refractivity contribution in [2.24, 2.45) is 5.92 Å². The number of amides is 2. The molecule has 2 rings (SSSR count). The predicted molar refractivity (Wildman–Crippen MR) is 90.7 cm³/mol. The topological polar surface area (TPSA) is 61.4 Å². The van der Waals surface area contributed by atoms with Gasteiger partial charge in [-0.15, -0.1) is 12.4 Å². The van der Waals surface area contributed by atoms with Crippen LogP contribution in [0, 0.1) is 12.8 Å². The molecule has 1 atom stereocenters. The molecule has 1 fully saturated rings. The highest BCUT2D eigenvalue weighted by Gasteiger charge is 2.21. The molecular weight excluding hydrogens is 302 g/mol. The van der Waals surface area contributed by atoms with Crippen LogP contribution in [0.5, 0.6) is 0 Å². The van der Waals surface area contributed by atoms with E-state index in [-0.39, 0.29) is 30.1 Å². The smallest absolute Gasteiger partial charge is 0.253 e. The monoisotopic (exact) mass is 325 g/mol. The van der Waals surface area contributed by atoms with Gasteiger partial charge in [0.15, 0.2) is 0 Å². The highest BCUT2D eigenvalue weighted by molar-refractivity contribution is 5.98. The number of nitrogens with one attached hydrogen (secondary N) is 2. The van der Waals surface area contributed by atoms with Crippen LogP contribution in [0.1, 0.15) is 28.8 Å². The van der Waals surface area contributed by atoms with Gasteiger partial charge in [0.2, 0.25) is 5.91 Å². The number of piperidine rings is 1. The summed E-state index contributed by atoms with van der Waals surface area (Å²) < 4.78 is 0. The Balaban J connectivity index is 0.00000242. The third-order valence-corrected chi connectivity index (χ3v) is 3.82. The van der Waals surface area contributed by atoms with Gasteiger partial charge in [-0.2, -0.15) is 0 Å². The molecule has 1 aromatic carbocycles. The van der Waals surface area contributed by atoms with Gasteiger partial charge in [0.05, 0.1) is 5.92 Å². The predicted octanol–water partition coefficient (Wildman–Crippen LogP) is 2.06. The second-order valence-electron chi connectivity index (χ2n) is 5.76. The summed E-state index contributed by atoms with van der Waals surface area (Å²) in [6.45, 7) is 3.63. The third kappa shape index (κ3) is 4.45. The minimum Gasteiger partial charge on any atom is -0.345 e. The molecule has 0 saturated carbocycles. The number of hydrogen-bond donors (Lipinski definition) is 2. The van der Waals surface area contributed by atoms with Gasteiger partial charge in [-0.3, -0.25) is 9.59 Å². The quantitative estimate of drug-likeness (QED) is 0.894. The fourth-order valence-electron chi connectivity index (χ4n) is 2.46. The van der Waals surface area contributed by atoms with E-state index in [0.717, 1.165) is 37.2 Å². The summed E-state index contributed by atoms with van der Waals surface area (Å²) in [5.41, 5.74) is 2.27. The van der Waals surface area contributed by atoms with Crippen LogP contribution in [0.25, 0.3) is 0 Å². The summed E-state index contributed by atoms with van der Waals surface area (Å²) in [5.74, 6) is -0.0315. The van der Waals surface area contributed by atoms with Crippen LogP contribution >= 0.6 is 12.4 Å². The van der Waals surface area contributed by atoms with Crippen LogP contribution in [0.4, 0.5) is 5.69 Å². The molecule has 1 aromatic rings. The fourth-order valence-corrected chi connectivity index (χ4v) is 2.46. The molecular formula is C16H24ClN3O2. The number of carbonyl (C=O) groups is 2. The van der Waals surface area contributed by atoms with E-state index < -0.39 is 0 Å². The molecule has 2 amide bonds. The molecule has 1 heterocycles. The van der Waals surface area contributed by atoms with E-state index in [0.29, 0.717) is 5.56 Å². The van der Waals surface area contributed by atoms with E-state index in [1.54, 1.807) is 26.2 Å². The zero-order valence-electron chi connectivity index (χ0n) is 13.3. The Morgan fingerprint density at radius 3 is 2.64 bits per heavy atom. The second-order valence-corrected chi connectivity index (χ2v) is 5.76. The number of aryl methyl sites for hydroxylation is 1. The first-order valence-electron chi connectivity index (χ1n) is 7.33. The molecule has 0 spiro atoms. The summed E-state index contributed by atoms with van der Waals surface area (Å²) in [7, 11) is 3.43. The van der Waals surface area contributed by atoms with E-state index in [1.807, 2.05) is 13.0 Å². The molecule has 22 heavy (non-hydrogen) atoms. The Hall–Kier alpha value is -1.59. The van der Waals surface area contributed by atoms with E-state index in [2.05, 4.69) is 10.6 Å². The molecule has 0 radical (unpaired) electrons. The lowest BCUT2D eigenvalue weighted by Gasteiger charge is -2.22. The Morgan fingerprint density at radius 1 is 1.32 bits per heavy atom. The number of carbonyl (C=O) groups excluding carboxylic acids is 2. The van der Waals surface area contributed by atoms with Crippen molar-refractivity contribution in [2.75, 3.05) is 32.5 Å². The number of hydrogen-bond acceptors (Lipinski definition) is 3. The highest BCUT2D eigenvalue weighted by atomic mass is 35.5. The molecule has 0 unspecified atom stereocenters. The molecule has 5 nitrogen and oxygen atoms in total. The van der Waals surface area contributed by atoms with E-state index in [1.165, 1.54) is 4.90 Å². The second kappa shape index (κ2) is 8.15. The lowest BCUT2D eigenvalue weighted by Crippen LogP contribution is -2.37. The largest absolute Gasteiger partial charge is 0.345 e. The van der Waals surface area contributed by atoms with Crippen LogP contribution in [-0.4, -0.2) is 43.9 Å². The van der Waals surface area contributed by atoms with Crippen LogP contribution in [0.15, 0.2) is 18.2 Å². The van der Waals surface area contributed by atoms with Crippen LogP contribution in [0.2, 0.25) is 0 Å². The Labute approximate surface area is 137 Å². The number of nitrogens with zero attached hydrogens (tertiary/aromatic N) is 1. The van der Waals surface area contributed by atoms with Crippen molar-refractivity contribution in [1.29, 1.82) is 0 Å². The van der Waals surface area contributed by atoms with Gasteiger partial charge in [0.25, 0.3) is 5.91 Å². The standard InChI is InChI=1S/C16H23N3O2.ClH/c1-11-6-7-12(16(21)19(2)3)9-14(11)18-15(20)13-5-4-8-17-10-13;/h6-7,9,13,17H,4-5,8,10H2,1-3H3,(H,18,20);1H/t13-;/m1./s1. The van der Waals surface area contributed by atoms with Gasteiger partial charge in [-0.05, 0) is 44.0 Å². The molecule has 1 saturated heterocycles. The first-order chi connectivity index (χ1) is 9.99. The van der Waals surface area contributed by atoms with Crippen molar-refractivity contribution in [3.05, 3.63) is 29.3 Å². The summed E-state index contributed by atoms with van der Waals surface area (Å²) in [6.07, 6.45) is 1.93. The zero-order chi connectivity index (χ0) is 15.4. The van der Waals surface area contributed by atoms with Crippen molar-refractivity contribution in [2.45, 2.75) is 19.8 Å². The van der Waals surface area contributed by atoms with Crippen LogP contribution in [-0.2, 0) is 4.79 Å². The molecule has 2 N–H and O–H groups in total. The summed E-state index contributed by atoms with van der Waals surface area (Å²) in [5, 5.41) is 6.20. The maximum atomic E-state index is 12.3. The average Bonchev–Trinajstić information content (AvgIpc) is 2.49. The minimum absolute atomic E-state index is 0. The van der Waals surface area contributed by atoms with Crippen molar-refractivity contribution < 1.29 is 9.59 Å². The normalized spacial score (nSPS) is 17.3. The van der Waals surface area contributed by atoms with Crippen molar-refractivity contribution in [1.82, 2.24) is 10.2 Å². The third-order valence-electron chi connectivity index (χ3n) is 3.82. The molecule has 6 heteroatoms. The van der Waals surface area contributed by atoms with Gasteiger partial charge < -0.3 is 15.5 Å². The summed E-state index contributed by atoms with van der Waals surface area (Å²) in [6, 6.07) is 5.41. The maximum absolute atomic E-state index is 12.3. The van der Waals surface area contributed by atoms with Gasteiger partial charge in [-0.25, -0.2) is 0 Å². The maximum Gasteiger partial charge on any atom is 0.253 e. The fraction of sp³-hybridized carbons (Fsp3) is 0.500. The van der Waals surface area contributed by atoms with Gasteiger partial charge in [0, 0.05) is 31.9 Å². The first-order valence-corrected chi connectivity index (χ1v) is 7.33. The van der Waals surface area contributed by atoms with Crippen LogP contribution in [0.3, 0.4) is 0 Å². The van der Waals surface area contributed by atoms with Crippen molar-refractivity contribution >= 4 is 29.9 Å². The van der Waals surface area contributed by atoms with Crippen molar-refractivity contribution in [3.8, 4) is 0 Å². The van der Waals surface area contributed by atoms with Gasteiger partial charge in [-0.1, -0.05) is 6.07 Å². The van der Waals surface area contributed by atoms with E-state index in [9.17, 15) is 9.59 Å². The molecule has 0 aromatic heterocycles. The first kappa shape index (κ1) is 18.5. The Bertz CT molecular complexity index is 540. The number of anilines is 1. The number of benzene rings is 1. The average molecular weight is 326 g/mol. The van der Waals surface area contributed by atoms with Gasteiger partial charge >= 0.3 is 0 Å². The lowest BCUT2D eigenvalue weighted by atomic mass is 9.98. The lowest BCUT2D eigenvalue weighted by molar-refractivity contribution is -0.120. The summed E-state index contributed by atoms with van der Waals surface area (Å²) in [4.78, 5) is 25.8. The number of rotatable bonds is 3. The van der Waals surface area contributed by atoms with Gasteiger partial charge in [0.1, 0.15) is 0 Å². The van der Waals surface area contributed by atoms with Crippen LogP contribution < -0.4 is 10.6 Å². The highest BCUT2D eigenvalue weighted by Crippen LogP contribution is 2.20. The van der Waals surface area contributed by atoms with E-state index in [4.69, 9.17) is 0 Å². The molecule has 122 valence electrons. The molecule has 1 aliphatic rings. The van der Waals surface area contributed by atoms with Crippen molar-refractivity contribution in [3.63, 3.8) is 0 Å².